The lowest BCUT2D eigenvalue weighted by Crippen LogP contribution is -2.58. The molecule has 2 aromatic rings. The fourth-order valence-electron chi connectivity index (χ4n) is 3.92. The Hall–Kier alpha value is -2.28. The third-order valence-electron chi connectivity index (χ3n) is 5.47. The SMILES string of the molecule is CCN1CC(C)N(C(=O)Cc2c(C)cc(-c3nn[nH]n3)cc2C)CC1C. The van der Waals surface area contributed by atoms with E-state index in [1.807, 2.05) is 30.9 Å². The molecule has 1 amide bonds. The van der Waals surface area contributed by atoms with Crippen molar-refractivity contribution in [2.24, 2.45) is 0 Å². The second kappa shape index (κ2) is 7.53. The summed E-state index contributed by atoms with van der Waals surface area (Å²) in [4.78, 5) is 17.5. The molecule has 0 bridgehead atoms. The van der Waals surface area contributed by atoms with Crippen molar-refractivity contribution >= 4 is 5.91 Å². The Balaban J connectivity index is 1.77. The second-order valence-electron chi connectivity index (χ2n) is 7.33. The first-order valence-corrected chi connectivity index (χ1v) is 9.28. The summed E-state index contributed by atoms with van der Waals surface area (Å²) in [6, 6.07) is 4.71. The van der Waals surface area contributed by atoms with Crippen LogP contribution in [0.25, 0.3) is 11.4 Å². The summed E-state index contributed by atoms with van der Waals surface area (Å²) in [5.41, 5.74) is 4.20. The molecule has 1 N–H and O–H groups in total. The van der Waals surface area contributed by atoms with Crippen LogP contribution < -0.4 is 0 Å². The van der Waals surface area contributed by atoms with Crippen LogP contribution in [0.3, 0.4) is 0 Å². The summed E-state index contributed by atoms with van der Waals surface area (Å²) in [6.07, 6.45) is 0.438. The molecule has 140 valence electrons. The van der Waals surface area contributed by atoms with Gasteiger partial charge in [0.2, 0.25) is 11.7 Å². The highest BCUT2D eigenvalue weighted by Gasteiger charge is 2.31. The standard InChI is InChI=1S/C19H28N6O/c1-6-24-10-15(5)25(11-14(24)4)18(26)9-17-12(2)7-16(8-13(17)3)19-20-22-23-21-19/h7-8,14-15H,6,9-11H2,1-5H3,(H,20,21,22,23). The lowest BCUT2D eigenvalue weighted by atomic mass is 9.95. The van der Waals surface area contributed by atoms with Crippen LogP contribution in [0.15, 0.2) is 12.1 Å². The Morgan fingerprint density at radius 2 is 1.88 bits per heavy atom. The molecule has 1 aromatic heterocycles. The Labute approximate surface area is 154 Å². The van der Waals surface area contributed by atoms with Gasteiger partial charge in [0.25, 0.3) is 0 Å². The molecule has 0 aliphatic carbocycles. The van der Waals surface area contributed by atoms with Gasteiger partial charge in [-0.1, -0.05) is 6.92 Å². The molecule has 26 heavy (non-hydrogen) atoms. The van der Waals surface area contributed by atoms with E-state index < -0.39 is 0 Å². The lowest BCUT2D eigenvalue weighted by Gasteiger charge is -2.44. The first kappa shape index (κ1) is 18.5. The van der Waals surface area contributed by atoms with Crippen LogP contribution in [-0.4, -0.2) is 68.0 Å². The maximum Gasteiger partial charge on any atom is 0.227 e. The van der Waals surface area contributed by atoms with Crippen LogP contribution in [0.5, 0.6) is 0 Å². The minimum atomic E-state index is 0.207. The first-order chi connectivity index (χ1) is 12.4. The number of hydrogen-bond acceptors (Lipinski definition) is 5. The number of aromatic nitrogens is 4. The van der Waals surface area contributed by atoms with E-state index >= 15 is 0 Å². The van der Waals surface area contributed by atoms with Gasteiger partial charge in [0, 0.05) is 30.7 Å². The average Bonchev–Trinajstić information content (AvgIpc) is 3.14. The molecule has 1 fully saturated rings. The minimum absolute atomic E-state index is 0.207. The summed E-state index contributed by atoms with van der Waals surface area (Å²) in [6.45, 7) is 13.4. The van der Waals surface area contributed by atoms with E-state index in [0.717, 1.165) is 41.9 Å². The van der Waals surface area contributed by atoms with E-state index in [-0.39, 0.29) is 11.9 Å². The van der Waals surface area contributed by atoms with Crippen LogP contribution >= 0.6 is 0 Å². The summed E-state index contributed by atoms with van der Waals surface area (Å²) >= 11 is 0. The van der Waals surface area contributed by atoms with Crippen LogP contribution in [-0.2, 0) is 11.2 Å². The van der Waals surface area contributed by atoms with Crippen molar-refractivity contribution in [3.05, 3.63) is 28.8 Å². The Bertz CT molecular complexity index is 749. The molecule has 1 aliphatic rings. The largest absolute Gasteiger partial charge is 0.337 e. The number of amides is 1. The number of piperazine rings is 1. The number of aryl methyl sites for hydroxylation is 2. The lowest BCUT2D eigenvalue weighted by molar-refractivity contribution is -0.136. The highest BCUT2D eigenvalue weighted by molar-refractivity contribution is 5.80. The number of carbonyl (C=O) groups is 1. The number of tetrazole rings is 1. The number of nitrogens with zero attached hydrogens (tertiary/aromatic N) is 5. The third kappa shape index (κ3) is 3.62. The van der Waals surface area contributed by atoms with Crippen LogP contribution in [0, 0.1) is 13.8 Å². The zero-order valence-corrected chi connectivity index (χ0v) is 16.3. The van der Waals surface area contributed by atoms with Crippen molar-refractivity contribution in [1.82, 2.24) is 30.4 Å². The number of likely N-dealkylation sites (N-methyl/N-ethyl adjacent to an activating group) is 1. The number of nitrogens with one attached hydrogen (secondary N) is 1. The minimum Gasteiger partial charge on any atom is -0.337 e. The van der Waals surface area contributed by atoms with Crippen LogP contribution in [0.1, 0.15) is 37.5 Å². The number of hydrogen-bond donors (Lipinski definition) is 1. The van der Waals surface area contributed by atoms with Gasteiger partial charge in [-0.3, -0.25) is 9.69 Å². The highest BCUT2D eigenvalue weighted by Crippen LogP contribution is 2.24. The Morgan fingerprint density at radius 3 is 2.46 bits per heavy atom. The molecule has 7 nitrogen and oxygen atoms in total. The van der Waals surface area contributed by atoms with Crippen molar-refractivity contribution in [1.29, 1.82) is 0 Å². The number of carbonyl (C=O) groups excluding carboxylic acids is 1. The van der Waals surface area contributed by atoms with Crippen molar-refractivity contribution in [3.63, 3.8) is 0 Å². The summed E-state index contributed by atoms with van der Waals surface area (Å²) < 4.78 is 0. The molecule has 0 radical (unpaired) electrons. The van der Waals surface area contributed by atoms with E-state index in [9.17, 15) is 4.79 Å². The molecule has 2 unspecified atom stereocenters. The van der Waals surface area contributed by atoms with E-state index in [1.165, 1.54) is 0 Å². The van der Waals surface area contributed by atoms with Crippen molar-refractivity contribution < 1.29 is 4.79 Å². The first-order valence-electron chi connectivity index (χ1n) is 9.28. The maximum absolute atomic E-state index is 13.0. The van der Waals surface area contributed by atoms with Crippen LogP contribution in [0.4, 0.5) is 0 Å². The van der Waals surface area contributed by atoms with E-state index in [0.29, 0.717) is 18.3 Å². The molecule has 7 heteroatoms. The topological polar surface area (TPSA) is 78.0 Å². The molecule has 2 heterocycles. The van der Waals surface area contributed by atoms with Crippen LogP contribution in [0.2, 0.25) is 0 Å². The predicted octanol–water partition coefficient (Wildman–Crippen LogP) is 1.97. The average molecular weight is 356 g/mol. The molecular formula is C19H28N6O. The number of benzene rings is 1. The van der Waals surface area contributed by atoms with Crippen molar-refractivity contribution in [2.45, 2.75) is 53.1 Å². The van der Waals surface area contributed by atoms with E-state index in [4.69, 9.17) is 0 Å². The summed E-state index contributed by atoms with van der Waals surface area (Å²) in [5, 5.41) is 14.2. The number of aromatic amines is 1. The number of rotatable bonds is 4. The van der Waals surface area contributed by atoms with Gasteiger partial charge < -0.3 is 4.90 Å². The van der Waals surface area contributed by atoms with Gasteiger partial charge in [-0.25, -0.2) is 0 Å². The molecular weight excluding hydrogens is 328 g/mol. The monoisotopic (exact) mass is 356 g/mol. The summed E-state index contributed by atoms with van der Waals surface area (Å²) in [7, 11) is 0. The normalized spacial score (nSPS) is 21.2. The third-order valence-corrected chi connectivity index (χ3v) is 5.47. The van der Waals surface area contributed by atoms with Gasteiger partial charge in [0.05, 0.1) is 6.42 Å². The highest BCUT2D eigenvalue weighted by atomic mass is 16.2. The molecule has 2 atom stereocenters. The van der Waals surface area contributed by atoms with E-state index in [1.54, 1.807) is 0 Å². The zero-order chi connectivity index (χ0) is 18.8. The van der Waals surface area contributed by atoms with E-state index in [2.05, 4.69) is 46.3 Å². The fourth-order valence-corrected chi connectivity index (χ4v) is 3.92. The quantitative estimate of drug-likeness (QED) is 0.906. The molecule has 1 saturated heterocycles. The van der Waals surface area contributed by atoms with Gasteiger partial charge >= 0.3 is 0 Å². The van der Waals surface area contributed by atoms with Gasteiger partial charge in [-0.2, -0.15) is 5.21 Å². The Morgan fingerprint density at radius 1 is 1.19 bits per heavy atom. The molecule has 1 aromatic carbocycles. The smallest absolute Gasteiger partial charge is 0.227 e. The van der Waals surface area contributed by atoms with Crippen molar-refractivity contribution in [3.8, 4) is 11.4 Å². The second-order valence-corrected chi connectivity index (χ2v) is 7.33. The molecule has 3 rings (SSSR count). The van der Waals surface area contributed by atoms with Gasteiger partial charge in [-0.15, -0.1) is 10.2 Å². The number of H-pyrrole nitrogens is 1. The zero-order valence-electron chi connectivity index (χ0n) is 16.3. The molecule has 0 spiro atoms. The summed E-state index contributed by atoms with van der Waals surface area (Å²) in [5.74, 6) is 0.783. The Kier molecular flexibility index (Phi) is 5.36. The molecule has 1 aliphatic heterocycles. The van der Waals surface area contributed by atoms with Gasteiger partial charge in [-0.05, 0) is 68.3 Å². The van der Waals surface area contributed by atoms with Crippen molar-refractivity contribution in [2.75, 3.05) is 19.6 Å². The predicted molar refractivity (Wildman–Crippen MR) is 101 cm³/mol. The van der Waals surface area contributed by atoms with Gasteiger partial charge in [0.15, 0.2) is 0 Å². The van der Waals surface area contributed by atoms with Gasteiger partial charge in [0.1, 0.15) is 0 Å². The maximum atomic E-state index is 13.0. The molecule has 0 saturated carbocycles. The fraction of sp³-hybridized carbons (Fsp3) is 0.579.